The molecule has 0 saturated carbocycles. The molecule has 1 aromatic carbocycles. The van der Waals surface area contributed by atoms with Crippen LogP contribution in [0.25, 0.3) is 0 Å². The third kappa shape index (κ3) is 6.18. The molecule has 0 aliphatic rings. The van der Waals surface area contributed by atoms with E-state index in [0.717, 1.165) is 31.6 Å². The fraction of sp³-hybridized carbons (Fsp3) is 0.632. The highest BCUT2D eigenvalue weighted by Gasteiger charge is 2.17. The summed E-state index contributed by atoms with van der Waals surface area (Å²) in [6.07, 6.45) is 1.07. The number of benzene rings is 1. The summed E-state index contributed by atoms with van der Waals surface area (Å²) in [7, 11) is 0. The summed E-state index contributed by atoms with van der Waals surface area (Å²) in [5.41, 5.74) is 2.35. The van der Waals surface area contributed by atoms with Crippen LogP contribution in [0.4, 0.5) is 0 Å². The van der Waals surface area contributed by atoms with Gasteiger partial charge in [-0.15, -0.1) is 0 Å². The molecule has 0 unspecified atom stereocenters. The Morgan fingerprint density at radius 3 is 2.18 bits per heavy atom. The molecule has 1 aromatic rings. The van der Waals surface area contributed by atoms with Gasteiger partial charge in [-0.25, -0.2) is 0 Å². The SMILES string of the molecule is CCN(CC)CCOC(=O)[C@@H](C)c1ccc(CC(C)C)cc1. The molecule has 0 bridgehead atoms. The maximum Gasteiger partial charge on any atom is 0.313 e. The highest BCUT2D eigenvalue weighted by atomic mass is 16.5. The predicted molar refractivity (Wildman–Crippen MR) is 92.1 cm³/mol. The molecular weight excluding hydrogens is 274 g/mol. The fourth-order valence-electron chi connectivity index (χ4n) is 2.49. The number of hydrogen-bond donors (Lipinski definition) is 0. The summed E-state index contributed by atoms with van der Waals surface area (Å²) in [5.74, 6) is 0.307. The van der Waals surface area contributed by atoms with E-state index < -0.39 is 0 Å². The number of hydrogen-bond acceptors (Lipinski definition) is 3. The molecule has 124 valence electrons. The van der Waals surface area contributed by atoms with Gasteiger partial charge in [-0.1, -0.05) is 52.0 Å². The van der Waals surface area contributed by atoms with E-state index in [1.54, 1.807) is 0 Å². The van der Waals surface area contributed by atoms with Crippen molar-refractivity contribution in [2.24, 2.45) is 5.92 Å². The Morgan fingerprint density at radius 2 is 1.68 bits per heavy atom. The largest absolute Gasteiger partial charge is 0.464 e. The Bertz CT molecular complexity index is 435. The van der Waals surface area contributed by atoms with Gasteiger partial charge < -0.3 is 9.64 Å². The molecule has 1 atom stereocenters. The van der Waals surface area contributed by atoms with Gasteiger partial charge in [0.1, 0.15) is 6.61 Å². The maximum atomic E-state index is 12.1. The van der Waals surface area contributed by atoms with E-state index in [0.29, 0.717) is 12.5 Å². The van der Waals surface area contributed by atoms with Gasteiger partial charge in [0.15, 0.2) is 0 Å². The Morgan fingerprint density at radius 1 is 1.09 bits per heavy atom. The standard InChI is InChI=1S/C19H31NO2/c1-6-20(7-2)12-13-22-19(21)16(5)18-10-8-17(9-11-18)14-15(3)4/h8-11,15-16H,6-7,12-14H2,1-5H3/t16-/m0/s1. The minimum absolute atomic E-state index is 0.135. The summed E-state index contributed by atoms with van der Waals surface area (Å²) in [5, 5.41) is 0. The lowest BCUT2D eigenvalue weighted by molar-refractivity contribution is -0.145. The second-order valence-corrected chi connectivity index (χ2v) is 6.26. The number of carbonyl (C=O) groups excluding carboxylic acids is 1. The minimum Gasteiger partial charge on any atom is -0.464 e. The van der Waals surface area contributed by atoms with Crippen molar-refractivity contribution < 1.29 is 9.53 Å². The van der Waals surface area contributed by atoms with Crippen molar-refractivity contribution in [2.45, 2.75) is 47.0 Å². The number of carbonyl (C=O) groups is 1. The Kier molecular flexibility index (Phi) is 8.18. The zero-order chi connectivity index (χ0) is 16.5. The first-order valence-electron chi connectivity index (χ1n) is 8.45. The molecule has 1 rings (SSSR count). The van der Waals surface area contributed by atoms with Gasteiger partial charge in [-0.05, 0) is 43.5 Å². The molecule has 22 heavy (non-hydrogen) atoms. The van der Waals surface area contributed by atoms with Crippen LogP contribution < -0.4 is 0 Å². The van der Waals surface area contributed by atoms with E-state index in [4.69, 9.17) is 4.74 Å². The molecule has 3 nitrogen and oxygen atoms in total. The third-order valence-electron chi connectivity index (χ3n) is 4.02. The fourth-order valence-corrected chi connectivity index (χ4v) is 2.49. The number of likely N-dealkylation sites (N-methyl/N-ethyl adjacent to an activating group) is 1. The second kappa shape index (κ2) is 9.62. The van der Waals surface area contributed by atoms with Gasteiger partial charge in [0.2, 0.25) is 0 Å². The first kappa shape index (κ1) is 18.7. The van der Waals surface area contributed by atoms with Crippen LogP contribution >= 0.6 is 0 Å². The van der Waals surface area contributed by atoms with E-state index in [1.807, 2.05) is 19.1 Å². The van der Waals surface area contributed by atoms with Crippen molar-refractivity contribution in [1.29, 1.82) is 0 Å². The Balaban J connectivity index is 2.48. The molecule has 0 heterocycles. The van der Waals surface area contributed by atoms with Gasteiger partial charge in [-0.2, -0.15) is 0 Å². The zero-order valence-corrected chi connectivity index (χ0v) is 14.8. The molecule has 0 fully saturated rings. The number of rotatable bonds is 9. The van der Waals surface area contributed by atoms with E-state index in [9.17, 15) is 4.79 Å². The smallest absolute Gasteiger partial charge is 0.313 e. The van der Waals surface area contributed by atoms with Gasteiger partial charge in [0, 0.05) is 6.54 Å². The summed E-state index contributed by atoms with van der Waals surface area (Å²) < 4.78 is 5.41. The van der Waals surface area contributed by atoms with Crippen LogP contribution in [0.15, 0.2) is 24.3 Å². The van der Waals surface area contributed by atoms with Gasteiger partial charge in [-0.3, -0.25) is 4.79 Å². The third-order valence-corrected chi connectivity index (χ3v) is 4.02. The van der Waals surface area contributed by atoms with Crippen LogP contribution in [0.1, 0.15) is 51.7 Å². The van der Waals surface area contributed by atoms with Crippen molar-refractivity contribution in [3.63, 3.8) is 0 Å². The van der Waals surface area contributed by atoms with Gasteiger partial charge in [0.05, 0.1) is 5.92 Å². The van der Waals surface area contributed by atoms with Crippen molar-refractivity contribution >= 4 is 5.97 Å². The average molecular weight is 305 g/mol. The summed E-state index contributed by atoms with van der Waals surface area (Å²) in [6.45, 7) is 13.8. The maximum absolute atomic E-state index is 12.1. The summed E-state index contributed by atoms with van der Waals surface area (Å²) >= 11 is 0. The normalized spacial score (nSPS) is 12.7. The lowest BCUT2D eigenvalue weighted by Crippen LogP contribution is -2.28. The topological polar surface area (TPSA) is 29.5 Å². The van der Waals surface area contributed by atoms with E-state index in [-0.39, 0.29) is 11.9 Å². The van der Waals surface area contributed by atoms with Crippen LogP contribution in [-0.2, 0) is 16.0 Å². The van der Waals surface area contributed by atoms with Crippen LogP contribution in [0.3, 0.4) is 0 Å². The average Bonchev–Trinajstić information content (AvgIpc) is 2.51. The minimum atomic E-state index is -0.204. The number of nitrogens with zero attached hydrogens (tertiary/aromatic N) is 1. The van der Waals surface area contributed by atoms with Crippen molar-refractivity contribution in [1.82, 2.24) is 4.90 Å². The summed E-state index contributed by atoms with van der Waals surface area (Å²) in [4.78, 5) is 14.4. The van der Waals surface area contributed by atoms with Crippen LogP contribution in [0, 0.1) is 5.92 Å². The molecule has 0 spiro atoms. The molecular formula is C19H31NO2. The van der Waals surface area contributed by atoms with Crippen LogP contribution in [-0.4, -0.2) is 37.1 Å². The van der Waals surface area contributed by atoms with Crippen LogP contribution in [0.2, 0.25) is 0 Å². The summed E-state index contributed by atoms with van der Waals surface area (Å²) in [6, 6.07) is 8.34. The first-order chi connectivity index (χ1) is 10.5. The molecule has 0 aliphatic carbocycles. The molecule has 3 heteroatoms. The quantitative estimate of drug-likeness (QED) is 0.649. The molecule has 0 radical (unpaired) electrons. The lowest BCUT2D eigenvalue weighted by atomic mass is 9.97. The second-order valence-electron chi connectivity index (χ2n) is 6.26. The van der Waals surface area contributed by atoms with Crippen molar-refractivity contribution in [2.75, 3.05) is 26.2 Å². The molecule has 0 aromatic heterocycles. The Labute approximate surface area is 135 Å². The number of ether oxygens (including phenoxy) is 1. The highest BCUT2D eigenvalue weighted by Crippen LogP contribution is 2.18. The van der Waals surface area contributed by atoms with Crippen molar-refractivity contribution in [3.8, 4) is 0 Å². The van der Waals surface area contributed by atoms with E-state index in [1.165, 1.54) is 5.56 Å². The first-order valence-corrected chi connectivity index (χ1v) is 8.45. The molecule has 0 aliphatic heterocycles. The molecule has 0 amide bonds. The monoisotopic (exact) mass is 305 g/mol. The van der Waals surface area contributed by atoms with E-state index in [2.05, 4.69) is 44.7 Å². The Hall–Kier alpha value is -1.35. The van der Waals surface area contributed by atoms with Crippen LogP contribution in [0.5, 0.6) is 0 Å². The van der Waals surface area contributed by atoms with Crippen molar-refractivity contribution in [3.05, 3.63) is 35.4 Å². The van der Waals surface area contributed by atoms with Gasteiger partial charge >= 0.3 is 5.97 Å². The van der Waals surface area contributed by atoms with Gasteiger partial charge in [0.25, 0.3) is 0 Å². The zero-order valence-electron chi connectivity index (χ0n) is 14.8. The number of esters is 1. The molecule has 0 saturated heterocycles. The highest BCUT2D eigenvalue weighted by molar-refractivity contribution is 5.77. The lowest BCUT2D eigenvalue weighted by Gasteiger charge is -2.18. The predicted octanol–water partition coefficient (Wildman–Crippen LogP) is 3.87. The molecule has 0 N–H and O–H groups in total. The van der Waals surface area contributed by atoms with E-state index >= 15 is 0 Å².